The molecule has 356 valence electrons. The van der Waals surface area contributed by atoms with Gasteiger partial charge in [-0.15, -0.1) is 0 Å². The van der Waals surface area contributed by atoms with Gasteiger partial charge >= 0.3 is 0 Å². The number of halogens is 2. The van der Waals surface area contributed by atoms with Crippen LogP contribution in [0.1, 0.15) is 69.4 Å². The van der Waals surface area contributed by atoms with Crippen molar-refractivity contribution in [1.82, 2.24) is 40.9 Å². The molecule has 1 fully saturated rings. The number of benzene rings is 2. The number of alkyl halides is 2. The Kier molecular flexibility index (Phi) is 18.8. The van der Waals surface area contributed by atoms with Crippen LogP contribution in [0.2, 0.25) is 0 Å². The molecule has 21 nitrogen and oxygen atoms in total. The number of carbonyl (C=O) groups excluding carboxylic acids is 7. The average Bonchev–Trinajstić information content (AvgIpc) is 3.73. The Balaban J connectivity index is 1.54. The fourth-order valence-electron chi connectivity index (χ4n) is 6.76. The van der Waals surface area contributed by atoms with Crippen LogP contribution in [-0.4, -0.2) is 119 Å². The van der Waals surface area contributed by atoms with Gasteiger partial charge in [0.15, 0.2) is 0 Å². The van der Waals surface area contributed by atoms with Crippen molar-refractivity contribution in [3.05, 3.63) is 94.6 Å². The van der Waals surface area contributed by atoms with Crippen LogP contribution in [0.3, 0.4) is 0 Å². The lowest BCUT2D eigenvalue weighted by molar-refractivity contribution is -0.385. The number of nitrogens with zero attached hydrogens (tertiary/aromatic N) is 4. The first-order valence-electron chi connectivity index (χ1n) is 20.7. The summed E-state index contributed by atoms with van der Waals surface area (Å²) in [7, 11) is -4.71. The monoisotopic (exact) mass is 943 g/mol. The van der Waals surface area contributed by atoms with Crippen molar-refractivity contribution in [2.75, 3.05) is 13.1 Å². The number of Topliss-reactive ketones (excluding diaryl/α,β-unsaturated/α-hetero) is 1. The van der Waals surface area contributed by atoms with Gasteiger partial charge in [0.2, 0.25) is 29.9 Å². The van der Waals surface area contributed by atoms with Crippen LogP contribution in [0, 0.1) is 22.0 Å². The van der Waals surface area contributed by atoms with Gasteiger partial charge in [-0.25, -0.2) is 26.9 Å². The number of likely N-dealkylation sites (tertiary alicyclic amines) is 1. The Morgan fingerprint density at radius 1 is 0.939 bits per heavy atom. The molecule has 24 heteroatoms. The van der Waals surface area contributed by atoms with E-state index in [1.165, 1.54) is 18.6 Å². The molecular weight excluding hydrogens is 893 g/mol. The van der Waals surface area contributed by atoms with Gasteiger partial charge in [0, 0.05) is 43.9 Å². The van der Waals surface area contributed by atoms with Crippen molar-refractivity contribution in [1.29, 1.82) is 0 Å². The molecule has 1 aliphatic rings. The first-order valence-corrected chi connectivity index (χ1v) is 22.2. The topological polar surface area (TPSA) is 295 Å². The molecule has 1 aromatic heterocycles. The molecule has 6 atom stereocenters. The Labute approximate surface area is 378 Å². The molecule has 0 spiro atoms. The van der Waals surface area contributed by atoms with Crippen LogP contribution in [0.4, 0.5) is 14.5 Å². The van der Waals surface area contributed by atoms with Gasteiger partial charge in [0.25, 0.3) is 33.4 Å². The smallest absolute Gasteiger partial charge is 0.290 e. The molecule has 5 N–H and O–H groups in total. The van der Waals surface area contributed by atoms with E-state index in [-0.39, 0.29) is 37.6 Å². The Bertz CT molecular complexity index is 2350. The van der Waals surface area contributed by atoms with Gasteiger partial charge in [-0.3, -0.25) is 48.7 Å². The fourth-order valence-corrected chi connectivity index (χ4v) is 7.78. The molecule has 2 aromatic carbocycles. The Morgan fingerprint density at radius 3 is 2.27 bits per heavy atom. The summed E-state index contributed by atoms with van der Waals surface area (Å²) < 4.78 is 60.8. The van der Waals surface area contributed by atoms with E-state index >= 15 is 0 Å². The van der Waals surface area contributed by atoms with E-state index in [1.54, 1.807) is 48.9 Å². The lowest BCUT2D eigenvalue weighted by Crippen LogP contribution is -2.59. The SMILES string of the molecule is CCC(C)C(NC(=O)C(CC(C)C)NC(=O)c1cnccn1)C(=O)N1CC(OCc2ccccc2)CC1C(=O)NC(CC(F)F)C(=O)C(=O)NCC(=O)NS(=O)(=O)c1cccc([N+](=O)[O-])c1. The number of aromatic nitrogens is 2. The fraction of sp³-hybridized carbons (Fsp3) is 0.452. The Hall–Kier alpha value is -6.82. The second-order valence-electron chi connectivity index (χ2n) is 15.8. The van der Waals surface area contributed by atoms with Crippen LogP contribution >= 0.6 is 0 Å². The first-order chi connectivity index (χ1) is 31.2. The zero-order chi connectivity index (χ0) is 48.7. The highest BCUT2D eigenvalue weighted by molar-refractivity contribution is 7.90. The zero-order valence-electron chi connectivity index (χ0n) is 36.3. The summed E-state index contributed by atoms with van der Waals surface area (Å²) >= 11 is 0. The van der Waals surface area contributed by atoms with Gasteiger partial charge in [-0.1, -0.05) is 70.5 Å². The maximum atomic E-state index is 14.6. The molecule has 3 aromatic rings. The number of sulfonamides is 1. The number of ether oxygens (including phenoxy) is 1. The molecule has 1 saturated heterocycles. The summed E-state index contributed by atoms with van der Waals surface area (Å²) in [5.41, 5.74) is 0.0853. The number of rotatable bonds is 23. The quantitative estimate of drug-likeness (QED) is 0.0513. The van der Waals surface area contributed by atoms with E-state index < -0.39 is 122 Å². The minimum Gasteiger partial charge on any atom is -0.372 e. The van der Waals surface area contributed by atoms with Crippen LogP contribution < -0.4 is 26.0 Å². The summed E-state index contributed by atoms with van der Waals surface area (Å²) in [6.07, 6.45) is -1.32. The van der Waals surface area contributed by atoms with Crippen LogP contribution in [0.15, 0.2) is 78.1 Å². The number of nitrogens with one attached hydrogen (secondary N) is 5. The van der Waals surface area contributed by atoms with Gasteiger partial charge in [-0.2, -0.15) is 0 Å². The molecule has 6 unspecified atom stereocenters. The molecule has 2 heterocycles. The van der Waals surface area contributed by atoms with E-state index in [4.69, 9.17) is 4.74 Å². The minimum absolute atomic E-state index is 0.0442. The van der Waals surface area contributed by atoms with Crippen molar-refractivity contribution in [2.45, 2.75) is 102 Å². The third-order valence-corrected chi connectivity index (χ3v) is 11.7. The standard InChI is InChI=1S/C42H51F2N9O12S/c1-5-25(4)36(50-38(56)31(16-24(2)3)49-39(57)32-20-45-14-15-46-32)42(60)52-22-28(65-23-26-10-7-6-8-11-26)18-33(52)40(58)48-30(19-34(43)44)37(55)41(59)47-21-35(54)51-66(63,64)29-13-9-12-27(17-29)53(61)62/h6-15,17,20,24-25,28,30-31,33-34,36H,5,16,18-19,21-23H2,1-4H3,(H,47,59)(H,48,58)(H,49,57)(H,50,56)(H,51,54). The van der Waals surface area contributed by atoms with Gasteiger partial charge in [0.05, 0.1) is 35.3 Å². The summed E-state index contributed by atoms with van der Waals surface area (Å²) in [6.45, 7) is 5.70. The lowest BCUT2D eigenvalue weighted by atomic mass is 9.96. The number of hydrogen-bond donors (Lipinski definition) is 5. The Morgan fingerprint density at radius 2 is 1.65 bits per heavy atom. The molecule has 6 amide bonds. The van der Waals surface area contributed by atoms with Gasteiger partial charge in [-0.05, 0) is 29.9 Å². The zero-order valence-corrected chi connectivity index (χ0v) is 37.2. The number of hydrogen-bond acceptors (Lipinski definition) is 14. The van der Waals surface area contributed by atoms with Crippen molar-refractivity contribution in [3.8, 4) is 0 Å². The highest BCUT2D eigenvalue weighted by Crippen LogP contribution is 2.26. The first kappa shape index (κ1) is 51.8. The molecule has 1 aliphatic heterocycles. The number of carbonyl (C=O) groups is 7. The molecule has 0 radical (unpaired) electrons. The highest BCUT2D eigenvalue weighted by atomic mass is 32.2. The summed E-state index contributed by atoms with van der Waals surface area (Å²) in [5.74, 6) is -8.71. The van der Waals surface area contributed by atoms with Gasteiger partial charge < -0.3 is 30.9 Å². The van der Waals surface area contributed by atoms with E-state index in [2.05, 4.69) is 25.9 Å². The maximum Gasteiger partial charge on any atom is 0.290 e. The number of nitro groups is 1. The molecular formula is C42H51F2N9O12S. The van der Waals surface area contributed by atoms with E-state index in [0.29, 0.717) is 12.5 Å². The molecule has 0 saturated carbocycles. The molecule has 4 rings (SSSR count). The lowest BCUT2D eigenvalue weighted by Gasteiger charge is -2.33. The molecule has 0 bridgehead atoms. The average molecular weight is 944 g/mol. The highest BCUT2D eigenvalue weighted by Gasteiger charge is 2.45. The summed E-state index contributed by atoms with van der Waals surface area (Å²) in [6, 6.07) is 6.40. The van der Waals surface area contributed by atoms with E-state index in [9.17, 15) is 60.9 Å². The molecule has 66 heavy (non-hydrogen) atoms. The van der Waals surface area contributed by atoms with Crippen LogP contribution in [0.25, 0.3) is 0 Å². The number of amides is 6. The van der Waals surface area contributed by atoms with Crippen molar-refractivity contribution < 1.29 is 60.4 Å². The number of ketones is 1. The number of nitro benzene ring substituents is 1. The second-order valence-corrected chi connectivity index (χ2v) is 17.5. The molecule has 0 aliphatic carbocycles. The minimum atomic E-state index is -4.71. The normalized spacial score (nSPS) is 16.6. The predicted octanol–water partition coefficient (Wildman–Crippen LogP) is 1.58. The van der Waals surface area contributed by atoms with E-state index in [1.807, 2.05) is 19.2 Å². The summed E-state index contributed by atoms with van der Waals surface area (Å²) in [4.78, 5) is 113. The predicted molar refractivity (Wildman–Crippen MR) is 228 cm³/mol. The van der Waals surface area contributed by atoms with Gasteiger partial charge in [0.1, 0.15) is 29.9 Å². The van der Waals surface area contributed by atoms with E-state index in [0.717, 1.165) is 28.7 Å². The largest absolute Gasteiger partial charge is 0.372 e. The van der Waals surface area contributed by atoms with Crippen molar-refractivity contribution in [3.63, 3.8) is 0 Å². The third-order valence-electron chi connectivity index (χ3n) is 10.3. The van der Waals surface area contributed by atoms with Crippen LogP contribution in [-0.2, 0) is 50.1 Å². The summed E-state index contributed by atoms with van der Waals surface area (Å²) in [5, 5.41) is 20.4. The second kappa shape index (κ2) is 23.9. The maximum absolute atomic E-state index is 14.6. The number of non-ortho nitro benzene ring substituents is 1. The van der Waals surface area contributed by atoms with Crippen molar-refractivity contribution >= 4 is 56.9 Å². The third kappa shape index (κ3) is 14.9. The van der Waals surface area contributed by atoms with Crippen LogP contribution in [0.5, 0.6) is 0 Å². The van der Waals surface area contributed by atoms with Crippen molar-refractivity contribution in [2.24, 2.45) is 11.8 Å².